The number of hydrogen-bond acceptors (Lipinski definition) is 6. The molecule has 4 aromatic rings. The van der Waals surface area contributed by atoms with E-state index >= 15 is 0 Å². The van der Waals surface area contributed by atoms with Crippen LogP contribution >= 0.6 is 0 Å². The summed E-state index contributed by atoms with van der Waals surface area (Å²) in [5, 5.41) is 0.827. The Labute approximate surface area is 157 Å². The van der Waals surface area contributed by atoms with Gasteiger partial charge in [0.05, 0.1) is 23.8 Å². The van der Waals surface area contributed by atoms with E-state index in [1.165, 1.54) is 30.7 Å². The summed E-state index contributed by atoms with van der Waals surface area (Å²) in [4.78, 5) is 25.2. The number of rotatable bonds is 6. The van der Waals surface area contributed by atoms with Crippen LogP contribution in [0.15, 0.2) is 65.7 Å². The molecule has 4 rings (SSSR count). The molecule has 0 N–H and O–H groups in total. The van der Waals surface area contributed by atoms with Crippen molar-refractivity contribution in [2.45, 2.75) is 13.0 Å². The summed E-state index contributed by atoms with van der Waals surface area (Å²) >= 11 is 0. The second-order valence-corrected chi connectivity index (χ2v) is 5.93. The van der Waals surface area contributed by atoms with Crippen molar-refractivity contribution in [2.24, 2.45) is 0 Å². The van der Waals surface area contributed by atoms with Crippen LogP contribution in [0.25, 0.3) is 22.4 Å². The van der Waals surface area contributed by atoms with Crippen molar-refractivity contribution < 1.29 is 22.7 Å². The van der Waals surface area contributed by atoms with E-state index in [2.05, 4.69) is 19.7 Å². The van der Waals surface area contributed by atoms with Gasteiger partial charge in [0.25, 0.3) is 0 Å². The SMILES string of the molecule is O=C(Cc1cc2nc(-c3cnco3)ccc2cn1)c1ccc(OC(F)F)cc1. The Kier molecular flexibility index (Phi) is 4.76. The minimum Gasteiger partial charge on any atom is -0.442 e. The number of ketones is 1. The second kappa shape index (κ2) is 7.51. The molecular formula is C20H13F2N3O3. The lowest BCUT2D eigenvalue weighted by molar-refractivity contribution is -0.0498. The molecule has 0 spiro atoms. The fourth-order valence-corrected chi connectivity index (χ4v) is 2.72. The summed E-state index contributed by atoms with van der Waals surface area (Å²) in [6, 6.07) is 11.0. The zero-order valence-electron chi connectivity index (χ0n) is 14.4. The summed E-state index contributed by atoms with van der Waals surface area (Å²) in [5.74, 6) is 0.351. The van der Waals surface area contributed by atoms with Gasteiger partial charge in [-0.3, -0.25) is 9.78 Å². The number of alkyl halides is 2. The molecule has 28 heavy (non-hydrogen) atoms. The van der Waals surface area contributed by atoms with Crippen LogP contribution in [0.1, 0.15) is 16.1 Å². The summed E-state index contributed by atoms with van der Waals surface area (Å²) < 4.78 is 33.9. The Morgan fingerprint density at radius 1 is 1.11 bits per heavy atom. The van der Waals surface area contributed by atoms with Gasteiger partial charge in [-0.15, -0.1) is 0 Å². The molecule has 6 nitrogen and oxygen atoms in total. The molecule has 3 heterocycles. The molecule has 3 aromatic heterocycles. The quantitative estimate of drug-likeness (QED) is 0.463. The van der Waals surface area contributed by atoms with Crippen LogP contribution in [0.2, 0.25) is 0 Å². The van der Waals surface area contributed by atoms with Gasteiger partial charge in [-0.05, 0) is 42.5 Å². The highest BCUT2D eigenvalue weighted by Crippen LogP contribution is 2.21. The van der Waals surface area contributed by atoms with E-state index in [0.29, 0.717) is 28.2 Å². The van der Waals surface area contributed by atoms with Crippen molar-refractivity contribution in [1.82, 2.24) is 15.0 Å². The maximum Gasteiger partial charge on any atom is 0.387 e. The highest BCUT2D eigenvalue weighted by Gasteiger charge is 2.11. The summed E-state index contributed by atoms with van der Waals surface area (Å²) in [6.07, 6.45) is 4.60. The van der Waals surface area contributed by atoms with Crippen LogP contribution < -0.4 is 4.74 Å². The van der Waals surface area contributed by atoms with E-state index in [1.807, 2.05) is 6.07 Å². The largest absolute Gasteiger partial charge is 0.442 e. The van der Waals surface area contributed by atoms with E-state index in [-0.39, 0.29) is 18.0 Å². The molecule has 0 aliphatic carbocycles. The average molecular weight is 381 g/mol. The molecule has 0 unspecified atom stereocenters. The molecule has 0 aliphatic rings. The number of ether oxygens (including phenoxy) is 1. The Hall–Kier alpha value is -3.68. The first-order chi connectivity index (χ1) is 13.6. The minimum atomic E-state index is -2.90. The van der Waals surface area contributed by atoms with Gasteiger partial charge in [0.2, 0.25) is 0 Å². The fraction of sp³-hybridized carbons (Fsp3) is 0.100. The number of hydrogen-bond donors (Lipinski definition) is 0. The fourth-order valence-electron chi connectivity index (χ4n) is 2.72. The molecule has 0 saturated carbocycles. The van der Waals surface area contributed by atoms with Gasteiger partial charge in [0.1, 0.15) is 11.4 Å². The molecule has 0 bridgehead atoms. The van der Waals surface area contributed by atoms with Crippen LogP contribution in [-0.4, -0.2) is 27.3 Å². The van der Waals surface area contributed by atoms with Crippen molar-refractivity contribution in [3.8, 4) is 17.2 Å². The lowest BCUT2D eigenvalue weighted by Gasteiger charge is -2.06. The highest BCUT2D eigenvalue weighted by molar-refractivity contribution is 5.97. The number of halogens is 2. The molecule has 1 aromatic carbocycles. The van der Waals surface area contributed by atoms with Crippen LogP contribution in [0.4, 0.5) is 8.78 Å². The topological polar surface area (TPSA) is 78.1 Å². The van der Waals surface area contributed by atoms with Gasteiger partial charge < -0.3 is 9.15 Å². The van der Waals surface area contributed by atoms with Crippen LogP contribution in [0, 0.1) is 0 Å². The zero-order chi connectivity index (χ0) is 19.5. The number of benzene rings is 1. The normalized spacial score (nSPS) is 11.1. The predicted molar refractivity (Wildman–Crippen MR) is 96.1 cm³/mol. The zero-order valence-corrected chi connectivity index (χ0v) is 14.4. The number of carbonyl (C=O) groups excluding carboxylic acids is 1. The predicted octanol–water partition coefficient (Wildman–Crippen LogP) is 4.31. The molecule has 8 heteroatoms. The van der Waals surface area contributed by atoms with E-state index < -0.39 is 6.61 Å². The van der Waals surface area contributed by atoms with Crippen molar-refractivity contribution >= 4 is 16.7 Å². The number of oxazole rings is 1. The third-order valence-electron chi connectivity index (χ3n) is 4.06. The van der Waals surface area contributed by atoms with Gasteiger partial charge in [-0.1, -0.05) is 0 Å². The van der Waals surface area contributed by atoms with Gasteiger partial charge in [-0.25, -0.2) is 9.97 Å². The van der Waals surface area contributed by atoms with E-state index in [9.17, 15) is 13.6 Å². The highest BCUT2D eigenvalue weighted by atomic mass is 19.3. The van der Waals surface area contributed by atoms with Crippen LogP contribution in [-0.2, 0) is 6.42 Å². The third-order valence-corrected chi connectivity index (χ3v) is 4.06. The first kappa shape index (κ1) is 17.7. The van der Waals surface area contributed by atoms with Gasteiger partial charge in [0, 0.05) is 17.1 Å². The minimum absolute atomic E-state index is 0.000439. The van der Waals surface area contributed by atoms with Crippen molar-refractivity contribution in [1.29, 1.82) is 0 Å². The molecule has 0 aliphatic heterocycles. The van der Waals surface area contributed by atoms with Crippen molar-refractivity contribution in [2.75, 3.05) is 0 Å². The molecule has 140 valence electrons. The number of Topliss-reactive ketones (excluding diaryl/α,β-unsaturated/α-hetero) is 1. The molecular weight excluding hydrogens is 368 g/mol. The first-order valence-electron chi connectivity index (χ1n) is 8.31. The van der Waals surface area contributed by atoms with E-state index in [0.717, 1.165) is 5.39 Å². The molecule has 0 atom stereocenters. The van der Waals surface area contributed by atoms with Gasteiger partial charge in [-0.2, -0.15) is 8.78 Å². The Morgan fingerprint density at radius 2 is 1.93 bits per heavy atom. The summed E-state index contributed by atoms with van der Waals surface area (Å²) in [7, 11) is 0. The number of carbonyl (C=O) groups is 1. The smallest absolute Gasteiger partial charge is 0.387 e. The molecule has 0 amide bonds. The standard InChI is InChI=1S/C20H13F2N3O3/c21-20(22)28-15-4-1-12(2-5-15)18(26)8-14-7-17-13(9-24-14)3-6-16(25-17)19-10-23-11-27-19/h1-7,9-11,20H,8H2. The number of nitrogens with zero attached hydrogens (tertiary/aromatic N) is 3. The molecule has 0 radical (unpaired) electrons. The molecule has 0 fully saturated rings. The second-order valence-electron chi connectivity index (χ2n) is 5.93. The Balaban J connectivity index is 1.54. The van der Waals surface area contributed by atoms with Crippen molar-refractivity contribution in [3.05, 3.63) is 72.5 Å². The first-order valence-corrected chi connectivity index (χ1v) is 8.31. The van der Waals surface area contributed by atoms with Gasteiger partial charge in [0.15, 0.2) is 17.9 Å². The lowest BCUT2D eigenvalue weighted by Crippen LogP contribution is -2.06. The number of aromatic nitrogens is 3. The van der Waals surface area contributed by atoms with Crippen molar-refractivity contribution in [3.63, 3.8) is 0 Å². The lowest BCUT2D eigenvalue weighted by atomic mass is 10.1. The summed E-state index contributed by atoms with van der Waals surface area (Å²) in [5.41, 5.74) is 2.23. The van der Waals surface area contributed by atoms with E-state index in [1.54, 1.807) is 24.5 Å². The van der Waals surface area contributed by atoms with Gasteiger partial charge >= 0.3 is 6.61 Å². The maximum atomic E-state index is 12.5. The Bertz CT molecular complexity index is 1110. The maximum absolute atomic E-state index is 12.5. The monoisotopic (exact) mass is 381 g/mol. The number of pyridine rings is 2. The average Bonchev–Trinajstić information content (AvgIpc) is 3.22. The molecule has 0 saturated heterocycles. The Morgan fingerprint density at radius 3 is 2.64 bits per heavy atom. The summed E-state index contributed by atoms with van der Waals surface area (Å²) in [6.45, 7) is -2.90. The third kappa shape index (κ3) is 3.85. The van der Waals surface area contributed by atoms with Crippen LogP contribution in [0.3, 0.4) is 0 Å². The van der Waals surface area contributed by atoms with E-state index in [4.69, 9.17) is 4.42 Å². The van der Waals surface area contributed by atoms with Crippen LogP contribution in [0.5, 0.6) is 5.75 Å². The number of fused-ring (bicyclic) bond motifs is 1.